The molecule has 1 aromatic rings. The molecule has 0 aromatic heterocycles. The van der Waals surface area contributed by atoms with Gasteiger partial charge in [-0.05, 0) is 48.9 Å². The molecule has 1 aliphatic carbocycles. The molecule has 2 rings (SSSR count). The molecule has 1 amide bonds. The average molecular weight is 347 g/mol. The minimum atomic E-state index is -0.0733. The van der Waals surface area contributed by atoms with Crippen molar-refractivity contribution in [2.45, 2.75) is 19.3 Å². The van der Waals surface area contributed by atoms with Crippen molar-refractivity contribution in [2.24, 2.45) is 5.41 Å². The van der Waals surface area contributed by atoms with Gasteiger partial charge in [0.25, 0.3) is 5.91 Å². The molecular formula is C14H17BrClNO2. The van der Waals surface area contributed by atoms with Crippen LogP contribution >= 0.6 is 27.5 Å². The van der Waals surface area contributed by atoms with Crippen LogP contribution in [0.2, 0.25) is 5.02 Å². The highest BCUT2D eigenvalue weighted by molar-refractivity contribution is 9.09. The minimum absolute atomic E-state index is 0.0476. The van der Waals surface area contributed by atoms with Crippen LogP contribution in [0.15, 0.2) is 24.3 Å². The molecule has 0 radical (unpaired) electrons. The number of halogens is 2. The van der Waals surface area contributed by atoms with Crippen LogP contribution in [0.5, 0.6) is 5.75 Å². The van der Waals surface area contributed by atoms with Gasteiger partial charge in [-0.15, -0.1) is 0 Å². The number of amides is 1. The van der Waals surface area contributed by atoms with Crippen LogP contribution in [-0.4, -0.2) is 24.4 Å². The fourth-order valence-corrected chi connectivity index (χ4v) is 2.88. The maximum atomic E-state index is 11.7. The van der Waals surface area contributed by atoms with E-state index in [0.717, 1.165) is 18.3 Å². The Morgan fingerprint density at radius 3 is 2.63 bits per heavy atom. The quantitative estimate of drug-likeness (QED) is 0.769. The number of alkyl halides is 1. The molecule has 0 atom stereocenters. The maximum Gasteiger partial charge on any atom is 0.257 e. The van der Waals surface area contributed by atoms with E-state index in [9.17, 15) is 4.79 Å². The van der Waals surface area contributed by atoms with Crippen molar-refractivity contribution < 1.29 is 9.53 Å². The van der Waals surface area contributed by atoms with Crippen molar-refractivity contribution in [3.05, 3.63) is 29.3 Å². The summed E-state index contributed by atoms with van der Waals surface area (Å²) in [5, 5.41) is 4.59. The molecule has 1 aliphatic rings. The van der Waals surface area contributed by atoms with E-state index in [1.807, 2.05) is 0 Å². The largest absolute Gasteiger partial charge is 0.484 e. The lowest BCUT2D eigenvalue weighted by molar-refractivity contribution is -0.123. The van der Waals surface area contributed by atoms with Crippen LogP contribution < -0.4 is 10.1 Å². The van der Waals surface area contributed by atoms with E-state index in [-0.39, 0.29) is 12.5 Å². The number of hydrogen-bond acceptors (Lipinski definition) is 2. The van der Waals surface area contributed by atoms with Crippen molar-refractivity contribution >= 4 is 33.4 Å². The lowest BCUT2D eigenvalue weighted by atomic mass is 10.0. The topological polar surface area (TPSA) is 38.3 Å². The van der Waals surface area contributed by atoms with E-state index >= 15 is 0 Å². The third-order valence-corrected chi connectivity index (χ3v) is 4.07. The lowest BCUT2D eigenvalue weighted by Crippen LogP contribution is -2.34. The van der Waals surface area contributed by atoms with Crippen LogP contribution in [0.3, 0.4) is 0 Å². The summed E-state index contributed by atoms with van der Waals surface area (Å²) < 4.78 is 5.39. The summed E-state index contributed by atoms with van der Waals surface area (Å²) in [4.78, 5) is 11.7. The summed E-state index contributed by atoms with van der Waals surface area (Å²) in [5.41, 5.74) is 0.333. The molecular weight excluding hydrogens is 330 g/mol. The first-order chi connectivity index (χ1) is 9.13. The number of nitrogens with one attached hydrogen (secondary N) is 1. The third-order valence-electron chi connectivity index (χ3n) is 3.43. The Hall–Kier alpha value is -0.740. The Morgan fingerprint density at radius 2 is 2.05 bits per heavy atom. The fourth-order valence-electron chi connectivity index (χ4n) is 1.91. The number of benzene rings is 1. The van der Waals surface area contributed by atoms with E-state index in [0.29, 0.717) is 16.2 Å². The zero-order valence-electron chi connectivity index (χ0n) is 10.6. The summed E-state index contributed by atoms with van der Waals surface area (Å²) in [6.07, 6.45) is 3.53. The van der Waals surface area contributed by atoms with E-state index in [1.54, 1.807) is 24.3 Å². The van der Waals surface area contributed by atoms with Gasteiger partial charge in [0.15, 0.2) is 6.61 Å². The van der Waals surface area contributed by atoms with Gasteiger partial charge < -0.3 is 10.1 Å². The highest BCUT2D eigenvalue weighted by Crippen LogP contribution is 2.48. The van der Waals surface area contributed by atoms with Gasteiger partial charge in [0.2, 0.25) is 0 Å². The highest BCUT2D eigenvalue weighted by Gasteiger charge is 2.41. The molecule has 19 heavy (non-hydrogen) atoms. The number of rotatable bonds is 7. The van der Waals surface area contributed by atoms with Crippen LogP contribution in [0.1, 0.15) is 19.3 Å². The molecule has 1 N–H and O–H groups in total. The second-order valence-corrected chi connectivity index (χ2v) is 6.19. The first-order valence-corrected chi connectivity index (χ1v) is 7.85. The van der Waals surface area contributed by atoms with E-state index in [2.05, 4.69) is 21.2 Å². The number of hydrogen-bond donors (Lipinski definition) is 1. The molecule has 0 spiro atoms. The monoisotopic (exact) mass is 345 g/mol. The first kappa shape index (κ1) is 14.7. The summed E-state index contributed by atoms with van der Waals surface area (Å²) >= 11 is 9.22. The summed E-state index contributed by atoms with van der Waals surface area (Å²) in [6, 6.07) is 6.99. The van der Waals surface area contributed by atoms with Gasteiger partial charge >= 0.3 is 0 Å². The molecule has 3 nitrogen and oxygen atoms in total. The molecule has 0 unspecified atom stereocenters. The molecule has 1 fully saturated rings. The Morgan fingerprint density at radius 1 is 1.37 bits per heavy atom. The zero-order valence-corrected chi connectivity index (χ0v) is 13.0. The normalized spacial score (nSPS) is 15.9. The van der Waals surface area contributed by atoms with E-state index in [4.69, 9.17) is 16.3 Å². The van der Waals surface area contributed by atoms with Crippen molar-refractivity contribution in [1.29, 1.82) is 0 Å². The smallest absolute Gasteiger partial charge is 0.257 e. The summed E-state index contributed by atoms with van der Waals surface area (Å²) in [7, 11) is 0. The van der Waals surface area contributed by atoms with Crippen LogP contribution in [0.25, 0.3) is 0 Å². The molecule has 0 heterocycles. The summed E-state index contributed by atoms with van der Waals surface area (Å²) in [6.45, 7) is 0.799. The molecule has 5 heteroatoms. The van der Waals surface area contributed by atoms with Gasteiger partial charge in [0.05, 0.1) is 0 Å². The van der Waals surface area contributed by atoms with Crippen LogP contribution in [0.4, 0.5) is 0 Å². The van der Waals surface area contributed by atoms with Crippen LogP contribution in [-0.2, 0) is 4.79 Å². The summed E-state index contributed by atoms with van der Waals surface area (Å²) in [5.74, 6) is 0.581. The zero-order chi connectivity index (χ0) is 13.7. The SMILES string of the molecule is O=C(COc1ccc(Cl)cc1)NCC1(CCBr)CC1. The van der Waals surface area contributed by atoms with E-state index < -0.39 is 0 Å². The molecule has 0 saturated heterocycles. The van der Waals surface area contributed by atoms with Gasteiger partial charge in [-0.25, -0.2) is 0 Å². The van der Waals surface area contributed by atoms with Gasteiger partial charge in [-0.1, -0.05) is 27.5 Å². The third kappa shape index (κ3) is 4.69. The van der Waals surface area contributed by atoms with Crippen molar-refractivity contribution in [2.75, 3.05) is 18.5 Å². The highest BCUT2D eigenvalue weighted by atomic mass is 79.9. The molecule has 0 aliphatic heterocycles. The molecule has 104 valence electrons. The predicted octanol–water partition coefficient (Wildman–Crippen LogP) is 3.40. The Bertz CT molecular complexity index is 432. The standard InChI is InChI=1S/C14H17BrClNO2/c15-8-7-14(5-6-14)10-17-13(18)9-19-12-3-1-11(16)2-4-12/h1-4H,5-10H2,(H,17,18). The van der Waals surface area contributed by atoms with Gasteiger partial charge in [0, 0.05) is 16.9 Å². The second kappa shape index (κ2) is 6.62. The van der Waals surface area contributed by atoms with Crippen molar-refractivity contribution in [3.8, 4) is 5.75 Å². The van der Waals surface area contributed by atoms with Gasteiger partial charge in [0.1, 0.15) is 5.75 Å². The molecule has 0 bridgehead atoms. The Labute approximate surface area is 126 Å². The number of carbonyl (C=O) groups excluding carboxylic acids is 1. The average Bonchev–Trinajstić information content (AvgIpc) is 3.17. The number of carbonyl (C=O) groups is 1. The maximum absolute atomic E-state index is 11.7. The lowest BCUT2D eigenvalue weighted by Gasteiger charge is -2.14. The number of ether oxygens (including phenoxy) is 1. The van der Waals surface area contributed by atoms with Gasteiger partial charge in [-0.3, -0.25) is 4.79 Å². The van der Waals surface area contributed by atoms with Crippen molar-refractivity contribution in [1.82, 2.24) is 5.32 Å². The minimum Gasteiger partial charge on any atom is -0.484 e. The molecule has 1 saturated carbocycles. The van der Waals surface area contributed by atoms with E-state index in [1.165, 1.54) is 12.8 Å². The van der Waals surface area contributed by atoms with Gasteiger partial charge in [-0.2, -0.15) is 0 Å². The second-order valence-electron chi connectivity index (χ2n) is 4.96. The fraction of sp³-hybridized carbons (Fsp3) is 0.500. The Balaban J connectivity index is 1.69. The molecule has 1 aromatic carbocycles. The first-order valence-electron chi connectivity index (χ1n) is 6.35. The predicted molar refractivity (Wildman–Crippen MR) is 80.0 cm³/mol. The van der Waals surface area contributed by atoms with Crippen molar-refractivity contribution in [3.63, 3.8) is 0 Å². The Kier molecular flexibility index (Phi) is 5.11. The van der Waals surface area contributed by atoms with Crippen LogP contribution in [0, 0.1) is 5.41 Å².